The summed E-state index contributed by atoms with van der Waals surface area (Å²) in [6.07, 6.45) is 4.78. The summed E-state index contributed by atoms with van der Waals surface area (Å²) in [5.74, 6) is 0.586. The maximum absolute atomic E-state index is 11.3. The number of H-pyrrole nitrogens is 1. The van der Waals surface area contributed by atoms with Gasteiger partial charge in [-0.25, -0.2) is 9.50 Å². The second-order valence-electron chi connectivity index (χ2n) is 9.37. The Morgan fingerprint density at radius 2 is 2.06 bits per heavy atom. The molecular weight excluding hydrogens is 420 g/mol. The Bertz CT molecular complexity index is 1340. The Hall–Kier alpha value is -2.71. The summed E-state index contributed by atoms with van der Waals surface area (Å²) in [7, 11) is 0. The van der Waals surface area contributed by atoms with Gasteiger partial charge in [0, 0.05) is 34.5 Å². The summed E-state index contributed by atoms with van der Waals surface area (Å²) in [5.41, 5.74) is 13.8. The van der Waals surface area contributed by atoms with Gasteiger partial charge in [0.2, 0.25) is 5.91 Å². The van der Waals surface area contributed by atoms with Crippen molar-refractivity contribution >= 4 is 33.1 Å². The lowest BCUT2D eigenvalue weighted by Gasteiger charge is -2.15. The molecule has 4 aromatic rings. The Labute approximate surface area is 191 Å². The van der Waals surface area contributed by atoms with Crippen LogP contribution in [0.5, 0.6) is 0 Å². The van der Waals surface area contributed by atoms with Crippen molar-refractivity contribution in [1.82, 2.24) is 24.5 Å². The van der Waals surface area contributed by atoms with Gasteiger partial charge in [-0.2, -0.15) is 5.10 Å². The highest BCUT2D eigenvalue weighted by atomic mass is 32.1. The van der Waals surface area contributed by atoms with Crippen molar-refractivity contribution in [2.45, 2.75) is 52.9 Å². The van der Waals surface area contributed by atoms with Gasteiger partial charge in [0.05, 0.1) is 12.2 Å². The predicted octanol–water partition coefficient (Wildman–Crippen LogP) is 4.26. The minimum atomic E-state index is -0.248. The monoisotopic (exact) mass is 450 g/mol. The van der Waals surface area contributed by atoms with Gasteiger partial charge in [0.15, 0.2) is 5.65 Å². The molecule has 0 aromatic carbocycles. The molecule has 1 aliphatic rings. The van der Waals surface area contributed by atoms with Crippen LogP contribution in [-0.2, 0) is 4.79 Å². The zero-order chi connectivity index (χ0) is 22.7. The molecule has 0 radical (unpaired) electrons. The summed E-state index contributed by atoms with van der Waals surface area (Å²) in [5, 5.41) is 5.75. The van der Waals surface area contributed by atoms with Gasteiger partial charge in [-0.15, -0.1) is 11.3 Å². The maximum atomic E-state index is 11.3. The number of thiophene rings is 1. The van der Waals surface area contributed by atoms with Crippen molar-refractivity contribution in [3.63, 3.8) is 0 Å². The number of nitrogens with one attached hydrogen (secondary N) is 1. The minimum absolute atomic E-state index is 0.248. The zero-order valence-electron chi connectivity index (χ0n) is 19.3. The third-order valence-electron chi connectivity index (χ3n) is 6.96. The van der Waals surface area contributed by atoms with Crippen LogP contribution in [0.15, 0.2) is 12.5 Å². The van der Waals surface area contributed by atoms with E-state index in [4.69, 9.17) is 5.73 Å². The van der Waals surface area contributed by atoms with E-state index in [9.17, 15) is 4.79 Å². The number of carbonyl (C=O) groups excluding carboxylic acids is 1. The fraction of sp³-hybridized carbons (Fsp3) is 0.458. The largest absolute Gasteiger partial charge is 0.369 e. The molecule has 5 rings (SSSR count). The number of carbonyl (C=O) groups is 1. The Morgan fingerprint density at radius 3 is 2.78 bits per heavy atom. The normalized spacial score (nSPS) is 17.4. The lowest BCUT2D eigenvalue weighted by Crippen LogP contribution is -2.31. The van der Waals surface area contributed by atoms with Crippen molar-refractivity contribution in [2.24, 2.45) is 5.73 Å². The van der Waals surface area contributed by atoms with Crippen LogP contribution in [-0.4, -0.2) is 50.0 Å². The number of nitrogens with zero attached hydrogens (tertiary/aromatic N) is 4. The molecule has 8 heteroatoms. The number of hydrogen-bond acceptors (Lipinski definition) is 5. The van der Waals surface area contributed by atoms with Gasteiger partial charge in [-0.1, -0.05) is 13.8 Å². The predicted molar refractivity (Wildman–Crippen MR) is 129 cm³/mol. The average molecular weight is 451 g/mol. The molecule has 32 heavy (non-hydrogen) atoms. The van der Waals surface area contributed by atoms with Crippen molar-refractivity contribution < 1.29 is 4.79 Å². The zero-order valence-corrected chi connectivity index (χ0v) is 20.1. The molecule has 0 aliphatic carbocycles. The number of aromatic nitrogens is 4. The molecule has 1 fully saturated rings. The number of aryl methyl sites for hydroxylation is 2. The van der Waals surface area contributed by atoms with E-state index in [1.54, 1.807) is 6.33 Å². The highest BCUT2D eigenvalue weighted by Crippen LogP contribution is 2.46. The number of rotatable bonds is 5. The van der Waals surface area contributed by atoms with Crippen LogP contribution in [0.25, 0.3) is 27.1 Å². The smallest absolute Gasteiger partial charge is 0.231 e. The molecule has 1 atom stereocenters. The number of pyridine rings is 1. The number of likely N-dealkylation sites (tertiary alicyclic amines) is 1. The number of primary amides is 1. The molecule has 1 saturated heterocycles. The molecule has 0 unspecified atom stereocenters. The lowest BCUT2D eigenvalue weighted by molar-refractivity contribution is -0.118. The molecule has 4 aromatic heterocycles. The van der Waals surface area contributed by atoms with Crippen LogP contribution < -0.4 is 5.73 Å². The first kappa shape index (κ1) is 21.2. The van der Waals surface area contributed by atoms with Crippen molar-refractivity contribution in [2.75, 3.05) is 19.6 Å². The SMILES string of the molecule is Cc1c(-c2[nH]c3sc([C@H]4CCN(CC(N)=O)C4)c(C)c3c2C(C)C)cn2ncnc2c1C. The van der Waals surface area contributed by atoms with Crippen LogP contribution in [0, 0.1) is 20.8 Å². The summed E-state index contributed by atoms with van der Waals surface area (Å²) in [6.45, 7) is 13.3. The van der Waals surface area contributed by atoms with Gasteiger partial charge >= 0.3 is 0 Å². The summed E-state index contributed by atoms with van der Waals surface area (Å²) < 4.78 is 1.88. The van der Waals surface area contributed by atoms with Gasteiger partial charge in [0.1, 0.15) is 11.2 Å². The van der Waals surface area contributed by atoms with E-state index in [2.05, 4.69) is 60.8 Å². The molecular formula is C24H30N6OS. The van der Waals surface area contributed by atoms with Crippen LogP contribution in [0.1, 0.15) is 59.2 Å². The molecule has 0 saturated carbocycles. The summed E-state index contributed by atoms with van der Waals surface area (Å²) in [6, 6.07) is 0. The van der Waals surface area contributed by atoms with E-state index in [-0.39, 0.29) is 5.91 Å². The van der Waals surface area contributed by atoms with Crippen molar-refractivity contribution in [3.05, 3.63) is 39.7 Å². The van der Waals surface area contributed by atoms with Gasteiger partial charge < -0.3 is 10.7 Å². The number of fused-ring (bicyclic) bond motifs is 2. The Kier molecular flexibility index (Phi) is 5.09. The molecule has 0 bridgehead atoms. The first-order chi connectivity index (χ1) is 15.3. The van der Waals surface area contributed by atoms with Gasteiger partial charge in [-0.3, -0.25) is 9.69 Å². The summed E-state index contributed by atoms with van der Waals surface area (Å²) in [4.78, 5) is 24.4. The Balaban J connectivity index is 1.62. The number of aromatic amines is 1. The van der Waals surface area contributed by atoms with E-state index in [1.165, 1.54) is 43.0 Å². The second-order valence-corrected chi connectivity index (χ2v) is 10.4. The van der Waals surface area contributed by atoms with Crippen molar-refractivity contribution in [3.8, 4) is 11.3 Å². The van der Waals surface area contributed by atoms with Crippen LogP contribution >= 0.6 is 11.3 Å². The average Bonchev–Trinajstić information content (AvgIpc) is 3.48. The topological polar surface area (TPSA) is 92.3 Å². The van der Waals surface area contributed by atoms with Crippen LogP contribution in [0.3, 0.4) is 0 Å². The highest BCUT2D eigenvalue weighted by Gasteiger charge is 2.30. The quantitative estimate of drug-likeness (QED) is 0.475. The maximum Gasteiger partial charge on any atom is 0.231 e. The van der Waals surface area contributed by atoms with E-state index >= 15 is 0 Å². The van der Waals surface area contributed by atoms with Gasteiger partial charge in [-0.05, 0) is 61.9 Å². The van der Waals surface area contributed by atoms with E-state index in [0.717, 1.165) is 30.7 Å². The van der Waals surface area contributed by atoms with E-state index in [1.807, 2.05) is 15.9 Å². The second kappa shape index (κ2) is 7.71. The fourth-order valence-electron chi connectivity index (χ4n) is 5.29. The number of amides is 1. The standard InChI is InChI=1S/C24H30N6OS/c1-12(2)19-20-15(5)22(16-6-7-29(8-16)10-18(25)31)32-24(20)28-21(19)17-9-30-23(26-11-27-30)14(4)13(17)3/h9,11-12,16,28H,6-8,10H2,1-5H3,(H2,25,31)/t16-/m0/s1. The van der Waals surface area contributed by atoms with E-state index < -0.39 is 0 Å². The molecule has 5 heterocycles. The fourth-order valence-corrected chi connectivity index (χ4v) is 6.65. The summed E-state index contributed by atoms with van der Waals surface area (Å²) >= 11 is 1.87. The van der Waals surface area contributed by atoms with Crippen molar-refractivity contribution in [1.29, 1.82) is 0 Å². The third-order valence-corrected chi connectivity index (χ3v) is 8.33. The number of nitrogens with two attached hydrogens (primary N) is 1. The first-order valence-corrected chi connectivity index (χ1v) is 12.0. The van der Waals surface area contributed by atoms with Crippen LogP contribution in [0.2, 0.25) is 0 Å². The molecule has 0 spiro atoms. The molecule has 1 amide bonds. The van der Waals surface area contributed by atoms with Gasteiger partial charge in [0.25, 0.3) is 0 Å². The molecule has 1 aliphatic heterocycles. The molecule has 168 valence electrons. The molecule has 3 N–H and O–H groups in total. The van der Waals surface area contributed by atoms with Crippen LogP contribution in [0.4, 0.5) is 0 Å². The first-order valence-electron chi connectivity index (χ1n) is 11.2. The highest BCUT2D eigenvalue weighted by molar-refractivity contribution is 7.19. The number of hydrogen-bond donors (Lipinski definition) is 2. The van der Waals surface area contributed by atoms with E-state index in [0.29, 0.717) is 18.4 Å². The minimum Gasteiger partial charge on any atom is -0.369 e. The third kappa shape index (κ3) is 3.24. The lowest BCUT2D eigenvalue weighted by atomic mass is 9.92. The molecule has 7 nitrogen and oxygen atoms in total. The Morgan fingerprint density at radius 1 is 1.28 bits per heavy atom.